The predicted molar refractivity (Wildman–Crippen MR) is 108 cm³/mol. The minimum absolute atomic E-state index is 0.321. The first-order chi connectivity index (χ1) is 13.6. The van der Waals surface area contributed by atoms with Crippen molar-refractivity contribution in [1.82, 2.24) is 9.97 Å². The van der Waals surface area contributed by atoms with Gasteiger partial charge in [-0.05, 0) is 55.0 Å². The number of fused-ring (bicyclic) bond motifs is 1. The summed E-state index contributed by atoms with van der Waals surface area (Å²) in [6, 6.07) is 14.0. The molecule has 1 N–H and O–H groups in total. The summed E-state index contributed by atoms with van der Waals surface area (Å²) >= 11 is 6.03. The fraction of sp³-hybridized carbons (Fsp3) is 0.0952. The van der Waals surface area contributed by atoms with Gasteiger partial charge in [-0.25, -0.2) is 4.98 Å². The number of nitrogens with one attached hydrogen (secondary N) is 1. The lowest BCUT2D eigenvalue weighted by atomic mass is 10.1. The third-order valence-corrected chi connectivity index (χ3v) is 4.62. The molecule has 28 heavy (non-hydrogen) atoms. The van der Waals surface area contributed by atoms with E-state index in [-0.39, 0.29) is 5.91 Å². The van der Waals surface area contributed by atoms with Crippen LogP contribution in [0.25, 0.3) is 22.7 Å². The van der Waals surface area contributed by atoms with Gasteiger partial charge in [0.15, 0.2) is 11.2 Å². The molecule has 4 rings (SSSR count). The number of oxazole rings is 1. The molecule has 0 spiro atoms. The largest absolute Gasteiger partial charge is 0.496 e. The van der Waals surface area contributed by atoms with Crippen LogP contribution in [-0.2, 0) is 0 Å². The number of halogens is 1. The monoisotopic (exact) mass is 393 g/mol. The Morgan fingerprint density at radius 2 is 2.04 bits per heavy atom. The summed E-state index contributed by atoms with van der Waals surface area (Å²) in [5.41, 5.74) is 3.73. The van der Waals surface area contributed by atoms with Crippen LogP contribution >= 0.6 is 11.6 Å². The van der Waals surface area contributed by atoms with Gasteiger partial charge in [0.05, 0.1) is 12.7 Å². The van der Waals surface area contributed by atoms with Crippen molar-refractivity contribution in [2.75, 3.05) is 12.4 Å². The highest BCUT2D eigenvalue weighted by Gasteiger charge is 2.17. The van der Waals surface area contributed by atoms with Gasteiger partial charge in [0.2, 0.25) is 5.89 Å². The molecule has 0 aliphatic heterocycles. The standard InChI is InChI=1S/C21H16ClN3O3/c1-12-14(21-25-19-18(28-21)7-4-10-23-19)5-3-6-16(12)24-20(26)15-11-13(22)8-9-17(15)27-2/h3-11H,1-2H3,(H,24,26). The molecule has 0 bridgehead atoms. The topological polar surface area (TPSA) is 77.2 Å². The Hall–Kier alpha value is -3.38. The van der Waals surface area contributed by atoms with Crippen LogP contribution in [0.2, 0.25) is 5.02 Å². The number of nitrogens with zero attached hydrogens (tertiary/aromatic N) is 2. The number of methoxy groups -OCH3 is 1. The van der Waals surface area contributed by atoms with Gasteiger partial charge < -0.3 is 14.5 Å². The van der Waals surface area contributed by atoms with Crippen LogP contribution < -0.4 is 10.1 Å². The van der Waals surface area contributed by atoms with E-state index in [1.165, 1.54) is 7.11 Å². The Kier molecular flexibility index (Phi) is 4.71. The summed E-state index contributed by atoms with van der Waals surface area (Å²) in [5.74, 6) is 0.571. The Bertz CT molecular complexity index is 1150. The molecule has 0 radical (unpaired) electrons. The van der Waals surface area contributed by atoms with Gasteiger partial charge >= 0.3 is 0 Å². The van der Waals surface area contributed by atoms with E-state index in [0.29, 0.717) is 39.1 Å². The summed E-state index contributed by atoms with van der Waals surface area (Å²) in [7, 11) is 1.51. The second-order valence-electron chi connectivity index (χ2n) is 6.12. The molecule has 4 aromatic rings. The van der Waals surface area contributed by atoms with E-state index >= 15 is 0 Å². The molecule has 1 amide bonds. The maximum Gasteiger partial charge on any atom is 0.259 e. The fourth-order valence-corrected chi connectivity index (χ4v) is 3.11. The molecule has 0 unspecified atom stereocenters. The van der Waals surface area contributed by atoms with Crippen molar-refractivity contribution < 1.29 is 13.9 Å². The number of ether oxygens (including phenoxy) is 1. The zero-order valence-corrected chi connectivity index (χ0v) is 15.9. The van der Waals surface area contributed by atoms with Crippen LogP contribution in [0.5, 0.6) is 5.75 Å². The molecule has 0 fully saturated rings. The van der Waals surface area contributed by atoms with Crippen molar-refractivity contribution in [1.29, 1.82) is 0 Å². The van der Waals surface area contributed by atoms with E-state index in [2.05, 4.69) is 15.3 Å². The molecule has 7 heteroatoms. The van der Waals surface area contributed by atoms with E-state index < -0.39 is 0 Å². The molecule has 0 saturated heterocycles. The SMILES string of the molecule is COc1ccc(Cl)cc1C(=O)Nc1cccc(-c2nc3ncccc3o2)c1C. The lowest BCUT2D eigenvalue weighted by Crippen LogP contribution is -2.14. The first-order valence-electron chi connectivity index (χ1n) is 8.53. The van der Waals surface area contributed by atoms with Crippen molar-refractivity contribution in [3.05, 3.63) is 70.9 Å². The number of anilines is 1. The Morgan fingerprint density at radius 3 is 2.82 bits per heavy atom. The first kappa shape index (κ1) is 18.0. The van der Waals surface area contributed by atoms with Gasteiger partial charge in [-0.15, -0.1) is 0 Å². The summed E-state index contributed by atoms with van der Waals surface area (Å²) in [6.45, 7) is 1.89. The van der Waals surface area contributed by atoms with E-state index in [9.17, 15) is 4.79 Å². The molecule has 0 aliphatic rings. The number of carbonyl (C=O) groups is 1. The Labute approximate surface area is 166 Å². The van der Waals surface area contributed by atoms with Crippen LogP contribution in [0.4, 0.5) is 5.69 Å². The van der Waals surface area contributed by atoms with Gasteiger partial charge in [0, 0.05) is 22.5 Å². The second kappa shape index (κ2) is 7.32. The van der Waals surface area contributed by atoms with Gasteiger partial charge in [-0.3, -0.25) is 4.79 Å². The number of aromatic nitrogens is 2. The van der Waals surface area contributed by atoms with Crippen molar-refractivity contribution in [2.45, 2.75) is 6.92 Å². The predicted octanol–water partition coefficient (Wildman–Crippen LogP) is 5.11. The third kappa shape index (κ3) is 3.30. The zero-order chi connectivity index (χ0) is 19.7. The summed E-state index contributed by atoms with van der Waals surface area (Å²) in [4.78, 5) is 21.4. The fourth-order valence-electron chi connectivity index (χ4n) is 2.93. The van der Waals surface area contributed by atoms with Crippen LogP contribution in [0.1, 0.15) is 15.9 Å². The van der Waals surface area contributed by atoms with Gasteiger partial charge in [0.1, 0.15) is 5.75 Å². The average Bonchev–Trinajstić information content (AvgIpc) is 3.13. The highest BCUT2D eigenvalue weighted by molar-refractivity contribution is 6.31. The van der Waals surface area contributed by atoms with Gasteiger partial charge in [0.25, 0.3) is 5.91 Å². The molecule has 2 heterocycles. The molecule has 140 valence electrons. The summed E-state index contributed by atoms with van der Waals surface area (Å²) in [6.07, 6.45) is 1.66. The first-order valence-corrected chi connectivity index (χ1v) is 8.91. The average molecular weight is 394 g/mol. The molecule has 2 aromatic carbocycles. The van der Waals surface area contributed by atoms with E-state index in [0.717, 1.165) is 11.1 Å². The third-order valence-electron chi connectivity index (χ3n) is 4.38. The second-order valence-corrected chi connectivity index (χ2v) is 6.56. The molecular weight excluding hydrogens is 378 g/mol. The van der Waals surface area contributed by atoms with E-state index in [1.807, 2.05) is 31.2 Å². The summed E-state index contributed by atoms with van der Waals surface area (Å²) < 4.78 is 11.1. The number of hydrogen-bond acceptors (Lipinski definition) is 5. The van der Waals surface area contributed by atoms with Gasteiger partial charge in [-0.2, -0.15) is 4.98 Å². The molecule has 0 saturated carbocycles. The maximum absolute atomic E-state index is 12.8. The number of hydrogen-bond donors (Lipinski definition) is 1. The lowest BCUT2D eigenvalue weighted by Gasteiger charge is -2.13. The van der Waals surface area contributed by atoms with Crippen molar-refractivity contribution in [3.8, 4) is 17.2 Å². The van der Waals surface area contributed by atoms with Crippen molar-refractivity contribution in [2.24, 2.45) is 0 Å². The van der Waals surface area contributed by atoms with Crippen LogP contribution in [0.15, 0.2) is 59.1 Å². The van der Waals surface area contributed by atoms with Crippen molar-refractivity contribution in [3.63, 3.8) is 0 Å². The van der Waals surface area contributed by atoms with Gasteiger partial charge in [-0.1, -0.05) is 17.7 Å². The number of amides is 1. The quantitative estimate of drug-likeness (QED) is 0.521. The van der Waals surface area contributed by atoms with Crippen LogP contribution in [-0.4, -0.2) is 23.0 Å². The van der Waals surface area contributed by atoms with Crippen LogP contribution in [0, 0.1) is 6.92 Å². The molecule has 0 atom stereocenters. The number of carbonyl (C=O) groups excluding carboxylic acids is 1. The van der Waals surface area contributed by atoms with Crippen molar-refractivity contribution >= 4 is 34.4 Å². The Balaban J connectivity index is 1.69. The van der Waals surface area contributed by atoms with E-state index in [1.54, 1.807) is 30.5 Å². The molecule has 0 aliphatic carbocycles. The smallest absolute Gasteiger partial charge is 0.259 e. The Morgan fingerprint density at radius 1 is 1.18 bits per heavy atom. The maximum atomic E-state index is 12.8. The number of benzene rings is 2. The van der Waals surface area contributed by atoms with Crippen LogP contribution in [0.3, 0.4) is 0 Å². The highest BCUT2D eigenvalue weighted by Crippen LogP contribution is 2.31. The molecule has 6 nitrogen and oxygen atoms in total. The zero-order valence-electron chi connectivity index (χ0n) is 15.2. The summed E-state index contributed by atoms with van der Waals surface area (Å²) in [5, 5.41) is 3.36. The molecule has 2 aromatic heterocycles. The normalized spacial score (nSPS) is 10.8. The number of pyridine rings is 1. The highest BCUT2D eigenvalue weighted by atomic mass is 35.5. The van der Waals surface area contributed by atoms with E-state index in [4.69, 9.17) is 20.8 Å². The number of rotatable bonds is 4. The minimum Gasteiger partial charge on any atom is -0.496 e. The molecular formula is C21H16ClN3O3. The lowest BCUT2D eigenvalue weighted by molar-refractivity contribution is 0.102. The minimum atomic E-state index is -0.321.